The number of H-pyrrole nitrogens is 1. The van der Waals surface area contributed by atoms with Crippen molar-refractivity contribution in [3.8, 4) is 28.4 Å². The molecule has 0 bridgehead atoms. The molecule has 0 aliphatic carbocycles. The number of hydrogen-bond donors (Lipinski definition) is 2. The Hall–Kier alpha value is -2.71. The maximum Gasteiger partial charge on any atom is 0.354 e. The Morgan fingerprint density at radius 1 is 1.03 bits per heavy atom. The zero-order chi connectivity index (χ0) is 22.1. The Labute approximate surface area is 177 Å². The van der Waals surface area contributed by atoms with E-state index < -0.39 is 5.97 Å². The number of aromatic amines is 1. The lowest BCUT2D eigenvalue weighted by Gasteiger charge is -2.17. The monoisotopic (exact) mass is 420 g/mol. The largest absolute Gasteiger partial charge is 0.493 e. The summed E-state index contributed by atoms with van der Waals surface area (Å²) in [5.41, 5.74) is 3.74. The van der Waals surface area contributed by atoms with Crippen molar-refractivity contribution in [3.63, 3.8) is 0 Å². The van der Waals surface area contributed by atoms with Crippen molar-refractivity contribution < 1.29 is 28.5 Å². The van der Waals surface area contributed by atoms with Crippen LogP contribution < -0.4 is 19.5 Å². The van der Waals surface area contributed by atoms with Gasteiger partial charge in [-0.2, -0.15) is 0 Å². The van der Waals surface area contributed by atoms with E-state index in [1.165, 1.54) is 7.11 Å². The summed E-state index contributed by atoms with van der Waals surface area (Å²) in [5, 5.41) is 3.39. The van der Waals surface area contributed by atoms with Crippen LogP contribution in [0, 0.1) is 0 Å². The van der Waals surface area contributed by atoms with Crippen molar-refractivity contribution in [3.05, 3.63) is 29.1 Å². The number of nitrogens with one attached hydrogen (secondary N) is 2. The Morgan fingerprint density at radius 3 is 2.33 bits per heavy atom. The molecule has 0 saturated carbocycles. The lowest BCUT2D eigenvalue weighted by molar-refractivity contribution is 0.0593. The molecule has 0 aliphatic heterocycles. The highest BCUT2D eigenvalue weighted by Gasteiger charge is 2.27. The van der Waals surface area contributed by atoms with E-state index in [9.17, 15) is 4.79 Å². The molecule has 166 valence electrons. The molecule has 0 amide bonds. The molecule has 1 aromatic carbocycles. The third kappa shape index (κ3) is 4.88. The zero-order valence-corrected chi connectivity index (χ0v) is 18.6. The molecule has 0 saturated heterocycles. The first-order valence-electron chi connectivity index (χ1n) is 9.88. The predicted molar refractivity (Wildman–Crippen MR) is 115 cm³/mol. The fourth-order valence-corrected chi connectivity index (χ4v) is 3.47. The molecule has 2 rings (SSSR count). The molecule has 0 spiro atoms. The van der Waals surface area contributed by atoms with Gasteiger partial charge < -0.3 is 34.0 Å². The minimum Gasteiger partial charge on any atom is -0.493 e. The SMILES string of the molecule is CCCNCc1[nH]c(C(=O)OC)c(CCOC)c1-c1ccc(OC)c(OC)c1OC. The van der Waals surface area contributed by atoms with Gasteiger partial charge >= 0.3 is 5.97 Å². The molecule has 2 N–H and O–H groups in total. The molecule has 0 aliphatic rings. The number of benzene rings is 1. The summed E-state index contributed by atoms with van der Waals surface area (Å²) >= 11 is 0. The molecule has 0 fully saturated rings. The maximum absolute atomic E-state index is 12.5. The van der Waals surface area contributed by atoms with Crippen molar-refractivity contribution in [1.29, 1.82) is 0 Å². The van der Waals surface area contributed by atoms with Crippen LogP contribution in [-0.4, -0.2) is 59.7 Å². The summed E-state index contributed by atoms with van der Waals surface area (Å²) in [4.78, 5) is 15.8. The third-order valence-corrected chi connectivity index (χ3v) is 4.83. The van der Waals surface area contributed by atoms with Gasteiger partial charge in [-0.25, -0.2) is 4.79 Å². The average molecular weight is 421 g/mol. The third-order valence-electron chi connectivity index (χ3n) is 4.83. The lowest BCUT2D eigenvalue weighted by atomic mass is 9.96. The molecule has 1 heterocycles. The Morgan fingerprint density at radius 2 is 1.77 bits per heavy atom. The predicted octanol–water partition coefficient (Wildman–Crippen LogP) is 3.18. The summed E-state index contributed by atoms with van der Waals surface area (Å²) in [6.45, 7) is 3.95. The smallest absolute Gasteiger partial charge is 0.354 e. The maximum atomic E-state index is 12.5. The van der Waals surface area contributed by atoms with Gasteiger partial charge in [0.2, 0.25) is 5.75 Å². The van der Waals surface area contributed by atoms with Crippen LogP contribution in [-0.2, 0) is 22.4 Å². The Bertz CT molecular complexity index is 847. The van der Waals surface area contributed by atoms with E-state index in [-0.39, 0.29) is 0 Å². The molecular formula is C22H32N2O6. The molecule has 0 unspecified atom stereocenters. The number of rotatable bonds is 12. The van der Waals surface area contributed by atoms with Crippen molar-refractivity contribution in [2.24, 2.45) is 0 Å². The Kier molecular flexibility index (Phi) is 9.01. The topological polar surface area (TPSA) is 91.0 Å². The first kappa shape index (κ1) is 23.6. The van der Waals surface area contributed by atoms with Crippen molar-refractivity contribution >= 4 is 5.97 Å². The minimum atomic E-state index is -0.427. The number of carbonyl (C=O) groups excluding carboxylic acids is 1. The second-order valence-corrected chi connectivity index (χ2v) is 6.63. The van der Waals surface area contributed by atoms with Crippen molar-refractivity contribution in [1.82, 2.24) is 10.3 Å². The highest BCUT2D eigenvalue weighted by molar-refractivity contribution is 5.94. The first-order chi connectivity index (χ1) is 14.6. The van der Waals surface area contributed by atoms with E-state index in [1.54, 1.807) is 28.4 Å². The van der Waals surface area contributed by atoms with Gasteiger partial charge in [0.25, 0.3) is 0 Å². The minimum absolute atomic E-state index is 0.412. The zero-order valence-electron chi connectivity index (χ0n) is 18.6. The van der Waals surface area contributed by atoms with Gasteiger partial charge in [0.1, 0.15) is 5.69 Å². The molecule has 8 heteroatoms. The average Bonchev–Trinajstić information content (AvgIpc) is 3.13. The number of methoxy groups -OCH3 is 5. The van der Waals surface area contributed by atoms with E-state index in [1.807, 2.05) is 12.1 Å². The summed E-state index contributed by atoms with van der Waals surface area (Å²) in [6.07, 6.45) is 1.52. The van der Waals surface area contributed by atoms with Crippen LogP contribution in [0.4, 0.5) is 0 Å². The highest BCUT2D eigenvalue weighted by Crippen LogP contribution is 2.46. The number of hydrogen-bond acceptors (Lipinski definition) is 7. The second-order valence-electron chi connectivity index (χ2n) is 6.63. The summed E-state index contributed by atoms with van der Waals surface area (Å²) in [6, 6.07) is 3.73. The molecular weight excluding hydrogens is 388 g/mol. The van der Waals surface area contributed by atoms with E-state index in [0.29, 0.717) is 42.5 Å². The van der Waals surface area contributed by atoms with Gasteiger partial charge in [-0.3, -0.25) is 0 Å². The number of aromatic nitrogens is 1. The molecule has 30 heavy (non-hydrogen) atoms. The first-order valence-corrected chi connectivity index (χ1v) is 9.88. The lowest BCUT2D eigenvalue weighted by Crippen LogP contribution is -2.15. The van der Waals surface area contributed by atoms with Gasteiger partial charge in [-0.05, 0) is 37.1 Å². The number of ether oxygens (including phenoxy) is 5. The highest BCUT2D eigenvalue weighted by atomic mass is 16.5. The quantitative estimate of drug-likeness (QED) is 0.402. The van der Waals surface area contributed by atoms with Gasteiger partial charge in [-0.15, -0.1) is 0 Å². The molecule has 0 radical (unpaired) electrons. The standard InChI is InChI=1S/C22H32N2O6/c1-7-11-23-13-16-18(14(10-12-26-2)19(24-16)22(25)30-6)15-8-9-17(27-3)21(29-5)20(15)28-4/h8-9,23-24H,7,10-13H2,1-6H3. The summed E-state index contributed by atoms with van der Waals surface area (Å²) in [7, 11) is 7.72. The van der Waals surface area contributed by atoms with E-state index in [2.05, 4.69) is 17.2 Å². The number of esters is 1. The molecule has 1 aromatic heterocycles. The molecule has 2 aromatic rings. The van der Waals surface area contributed by atoms with Crippen molar-refractivity contribution in [2.75, 3.05) is 48.7 Å². The van der Waals surface area contributed by atoms with Crippen LogP contribution in [0.2, 0.25) is 0 Å². The van der Waals surface area contributed by atoms with Crippen LogP contribution in [0.5, 0.6) is 17.2 Å². The van der Waals surface area contributed by atoms with Crippen molar-refractivity contribution in [2.45, 2.75) is 26.3 Å². The van der Waals surface area contributed by atoms with Crippen LogP contribution in [0.25, 0.3) is 11.1 Å². The van der Waals surface area contributed by atoms with E-state index >= 15 is 0 Å². The fraction of sp³-hybridized carbons (Fsp3) is 0.500. The van der Waals surface area contributed by atoms with Gasteiger partial charge in [-0.1, -0.05) is 6.92 Å². The van der Waals surface area contributed by atoms with Gasteiger partial charge in [0.15, 0.2) is 11.5 Å². The fourth-order valence-electron chi connectivity index (χ4n) is 3.47. The normalized spacial score (nSPS) is 10.7. The molecule has 0 atom stereocenters. The summed E-state index contributed by atoms with van der Waals surface area (Å²) < 4.78 is 27.0. The van der Waals surface area contributed by atoms with Crippen LogP contribution >= 0.6 is 0 Å². The second kappa shape index (κ2) is 11.5. The van der Waals surface area contributed by atoms with Gasteiger partial charge in [0, 0.05) is 30.5 Å². The van der Waals surface area contributed by atoms with E-state index in [4.69, 9.17) is 23.7 Å². The van der Waals surface area contributed by atoms with Crippen LogP contribution in [0.1, 0.15) is 35.1 Å². The van der Waals surface area contributed by atoms with E-state index in [0.717, 1.165) is 35.3 Å². The van der Waals surface area contributed by atoms with Crippen LogP contribution in [0.15, 0.2) is 12.1 Å². The number of carbonyl (C=O) groups is 1. The molecule has 8 nitrogen and oxygen atoms in total. The summed E-state index contributed by atoms with van der Waals surface area (Å²) in [5.74, 6) is 1.15. The Balaban J connectivity index is 2.77. The van der Waals surface area contributed by atoms with Crippen LogP contribution in [0.3, 0.4) is 0 Å². The van der Waals surface area contributed by atoms with Gasteiger partial charge in [0.05, 0.1) is 35.0 Å².